The molecule has 1 N–H and O–H groups in total. The summed E-state index contributed by atoms with van der Waals surface area (Å²) < 4.78 is 6.02. The molecule has 0 fully saturated rings. The van der Waals surface area contributed by atoms with Crippen molar-refractivity contribution in [1.29, 1.82) is 0 Å². The normalized spacial score (nSPS) is 11.5. The molecule has 0 amide bonds. The summed E-state index contributed by atoms with van der Waals surface area (Å²) >= 11 is 0. The van der Waals surface area contributed by atoms with E-state index < -0.39 is 0 Å². The topological polar surface area (TPSA) is 51.0 Å². The molecule has 0 saturated heterocycles. The minimum absolute atomic E-state index is 0.513. The molecule has 2 aromatic carbocycles. The summed E-state index contributed by atoms with van der Waals surface area (Å²) in [6.07, 6.45) is 0. The molecule has 0 saturated carbocycles. The summed E-state index contributed by atoms with van der Waals surface area (Å²) in [5, 5.41) is 4.43. The predicted molar refractivity (Wildman–Crippen MR) is 98.1 cm³/mol. The lowest BCUT2D eigenvalue weighted by Crippen LogP contribution is -2.10. The van der Waals surface area contributed by atoms with Gasteiger partial charge in [-0.3, -0.25) is 0 Å². The first-order chi connectivity index (χ1) is 11.7. The molecule has 120 valence electrons. The fraction of sp³-hybridized carbons (Fsp3) is 0.200. The Kier molecular flexibility index (Phi) is 3.65. The van der Waals surface area contributed by atoms with Crippen LogP contribution in [0.4, 0.5) is 5.82 Å². The van der Waals surface area contributed by atoms with Crippen LogP contribution in [0.25, 0.3) is 33.5 Å². The minimum atomic E-state index is 0.513. The summed E-state index contributed by atoms with van der Waals surface area (Å²) in [6, 6.07) is 18.0. The van der Waals surface area contributed by atoms with Crippen molar-refractivity contribution >= 4 is 27.9 Å². The lowest BCUT2D eigenvalue weighted by Gasteiger charge is -2.10. The Morgan fingerprint density at radius 1 is 0.958 bits per heavy atom. The van der Waals surface area contributed by atoms with Crippen molar-refractivity contribution in [3.8, 4) is 11.4 Å². The van der Waals surface area contributed by atoms with Gasteiger partial charge in [0.1, 0.15) is 11.1 Å². The third-order valence-electron chi connectivity index (χ3n) is 3.93. The summed E-state index contributed by atoms with van der Waals surface area (Å²) in [7, 11) is 0. The second-order valence-corrected chi connectivity index (χ2v) is 6.31. The molecule has 4 nitrogen and oxygen atoms in total. The summed E-state index contributed by atoms with van der Waals surface area (Å²) in [6.45, 7) is 5.17. The van der Waals surface area contributed by atoms with Crippen molar-refractivity contribution in [3.05, 3.63) is 54.6 Å². The standard InChI is InChI=1S/C20H19N3O/c1-13(2)12-21-20-18-17(15-10-6-7-11-16(15)24-18)22-19(23-20)14-8-4-3-5-9-14/h3-11,13H,12H2,1-2H3,(H,21,22,23). The molecule has 4 aromatic rings. The number of hydrogen-bond donors (Lipinski definition) is 1. The zero-order chi connectivity index (χ0) is 16.5. The van der Waals surface area contributed by atoms with Crippen molar-refractivity contribution < 1.29 is 4.42 Å². The Morgan fingerprint density at radius 3 is 2.50 bits per heavy atom. The van der Waals surface area contributed by atoms with E-state index in [1.807, 2.05) is 54.6 Å². The van der Waals surface area contributed by atoms with Gasteiger partial charge in [0.2, 0.25) is 0 Å². The maximum atomic E-state index is 6.02. The molecule has 0 aliphatic carbocycles. The van der Waals surface area contributed by atoms with Crippen LogP contribution in [0, 0.1) is 5.92 Å². The molecule has 4 heteroatoms. The van der Waals surface area contributed by atoms with Crippen LogP contribution in [-0.2, 0) is 0 Å². The van der Waals surface area contributed by atoms with Crippen LogP contribution >= 0.6 is 0 Å². The second-order valence-electron chi connectivity index (χ2n) is 6.31. The fourth-order valence-corrected chi connectivity index (χ4v) is 2.73. The van der Waals surface area contributed by atoms with E-state index in [9.17, 15) is 0 Å². The monoisotopic (exact) mass is 317 g/mol. The summed E-state index contributed by atoms with van der Waals surface area (Å²) in [5.74, 6) is 1.98. The highest BCUT2D eigenvalue weighted by Gasteiger charge is 2.16. The molecule has 0 aliphatic heterocycles. The Morgan fingerprint density at radius 2 is 1.71 bits per heavy atom. The number of anilines is 1. The third-order valence-corrected chi connectivity index (χ3v) is 3.93. The molecule has 0 radical (unpaired) electrons. The Hall–Kier alpha value is -2.88. The summed E-state index contributed by atoms with van der Waals surface area (Å²) in [5.41, 5.74) is 3.40. The Labute approximate surface area is 140 Å². The first-order valence-electron chi connectivity index (χ1n) is 8.21. The van der Waals surface area contributed by atoms with Gasteiger partial charge in [0.15, 0.2) is 17.2 Å². The highest BCUT2D eigenvalue weighted by molar-refractivity contribution is 6.06. The number of para-hydroxylation sites is 1. The average Bonchev–Trinajstić information content (AvgIpc) is 2.99. The molecule has 24 heavy (non-hydrogen) atoms. The largest absolute Gasteiger partial charge is 0.450 e. The predicted octanol–water partition coefficient (Wildman–Crippen LogP) is 5.11. The van der Waals surface area contributed by atoms with Crippen LogP contribution in [-0.4, -0.2) is 16.5 Å². The molecule has 0 atom stereocenters. The molecule has 2 heterocycles. The lowest BCUT2D eigenvalue weighted by atomic mass is 10.2. The van der Waals surface area contributed by atoms with Crippen LogP contribution < -0.4 is 5.32 Å². The molecule has 0 aliphatic rings. The van der Waals surface area contributed by atoms with E-state index in [2.05, 4.69) is 19.2 Å². The number of nitrogens with zero attached hydrogens (tertiary/aromatic N) is 2. The van der Waals surface area contributed by atoms with E-state index in [4.69, 9.17) is 14.4 Å². The van der Waals surface area contributed by atoms with Crippen molar-refractivity contribution in [1.82, 2.24) is 9.97 Å². The first-order valence-corrected chi connectivity index (χ1v) is 8.21. The number of fused-ring (bicyclic) bond motifs is 3. The van der Waals surface area contributed by atoms with E-state index >= 15 is 0 Å². The average molecular weight is 317 g/mol. The zero-order valence-corrected chi connectivity index (χ0v) is 13.8. The maximum absolute atomic E-state index is 6.02. The van der Waals surface area contributed by atoms with Gasteiger partial charge >= 0.3 is 0 Å². The van der Waals surface area contributed by atoms with Gasteiger partial charge in [-0.25, -0.2) is 9.97 Å². The van der Waals surface area contributed by atoms with Crippen LogP contribution in [0.15, 0.2) is 59.0 Å². The fourth-order valence-electron chi connectivity index (χ4n) is 2.73. The van der Waals surface area contributed by atoms with Gasteiger partial charge < -0.3 is 9.73 Å². The Balaban J connectivity index is 1.96. The first kappa shape index (κ1) is 14.7. The van der Waals surface area contributed by atoms with E-state index in [0.29, 0.717) is 11.7 Å². The number of hydrogen-bond acceptors (Lipinski definition) is 4. The lowest BCUT2D eigenvalue weighted by molar-refractivity contribution is 0.659. The van der Waals surface area contributed by atoms with Gasteiger partial charge in [-0.2, -0.15) is 0 Å². The number of aromatic nitrogens is 2. The molecule has 4 rings (SSSR count). The van der Waals surface area contributed by atoms with Crippen LogP contribution in [0.3, 0.4) is 0 Å². The molecule has 0 spiro atoms. The van der Waals surface area contributed by atoms with Gasteiger partial charge in [-0.1, -0.05) is 56.3 Å². The van der Waals surface area contributed by atoms with Gasteiger partial charge in [0.05, 0.1) is 0 Å². The van der Waals surface area contributed by atoms with Gasteiger partial charge in [-0.05, 0) is 18.1 Å². The molecular weight excluding hydrogens is 298 g/mol. The highest BCUT2D eigenvalue weighted by Crippen LogP contribution is 2.33. The molecular formula is C20H19N3O. The number of rotatable bonds is 4. The van der Waals surface area contributed by atoms with Crippen LogP contribution in [0.2, 0.25) is 0 Å². The van der Waals surface area contributed by atoms with Crippen LogP contribution in [0.1, 0.15) is 13.8 Å². The van der Waals surface area contributed by atoms with Gasteiger partial charge in [0.25, 0.3) is 0 Å². The highest BCUT2D eigenvalue weighted by atomic mass is 16.3. The number of benzene rings is 2. The molecule has 0 unspecified atom stereocenters. The van der Waals surface area contributed by atoms with E-state index in [1.54, 1.807) is 0 Å². The third kappa shape index (κ3) is 2.60. The van der Waals surface area contributed by atoms with Crippen LogP contribution in [0.5, 0.6) is 0 Å². The van der Waals surface area contributed by atoms with Crippen molar-refractivity contribution in [2.45, 2.75) is 13.8 Å². The quantitative estimate of drug-likeness (QED) is 0.568. The Bertz CT molecular complexity index is 990. The summed E-state index contributed by atoms with van der Waals surface area (Å²) in [4.78, 5) is 9.50. The number of furan rings is 1. The van der Waals surface area contributed by atoms with Gasteiger partial charge in [0, 0.05) is 17.5 Å². The molecule has 2 aromatic heterocycles. The maximum Gasteiger partial charge on any atom is 0.196 e. The van der Waals surface area contributed by atoms with Gasteiger partial charge in [-0.15, -0.1) is 0 Å². The zero-order valence-electron chi connectivity index (χ0n) is 13.8. The van der Waals surface area contributed by atoms with E-state index in [-0.39, 0.29) is 0 Å². The molecule has 0 bridgehead atoms. The smallest absolute Gasteiger partial charge is 0.196 e. The SMILES string of the molecule is CC(C)CNc1nc(-c2ccccc2)nc2c1oc1ccccc12. The van der Waals surface area contributed by atoms with Crippen molar-refractivity contribution in [2.75, 3.05) is 11.9 Å². The van der Waals surface area contributed by atoms with Crippen molar-refractivity contribution in [2.24, 2.45) is 5.92 Å². The van der Waals surface area contributed by atoms with Crippen molar-refractivity contribution in [3.63, 3.8) is 0 Å². The minimum Gasteiger partial charge on any atom is -0.450 e. The van der Waals surface area contributed by atoms with E-state index in [1.165, 1.54) is 0 Å². The van der Waals surface area contributed by atoms with E-state index in [0.717, 1.165) is 40.0 Å². The number of nitrogens with one attached hydrogen (secondary N) is 1. The second kappa shape index (κ2) is 5.96.